The molecule has 9 heteroatoms. The van der Waals surface area contributed by atoms with Crippen molar-refractivity contribution in [2.45, 2.75) is 32.8 Å². The highest BCUT2D eigenvalue weighted by molar-refractivity contribution is 9.10. The predicted molar refractivity (Wildman–Crippen MR) is 152 cm³/mol. The van der Waals surface area contributed by atoms with Gasteiger partial charge in [-0.2, -0.15) is 15.0 Å². The summed E-state index contributed by atoms with van der Waals surface area (Å²) in [5.74, 6) is 1.44. The number of nitrogens with zero attached hydrogens (tertiary/aromatic N) is 4. The molecule has 3 aromatic carbocycles. The van der Waals surface area contributed by atoms with Gasteiger partial charge in [-0.25, -0.2) is 4.98 Å². The Balaban J connectivity index is 1.83. The van der Waals surface area contributed by atoms with Gasteiger partial charge in [0.15, 0.2) is 11.5 Å². The second-order valence-electron chi connectivity index (χ2n) is 9.29. The van der Waals surface area contributed by atoms with Crippen LogP contribution in [0.1, 0.15) is 43.3 Å². The van der Waals surface area contributed by atoms with Crippen molar-refractivity contribution in [2.75, 3.05) is 7.11 Å². The quantitative estimate of drug-likeness (QED) is 0.227. The molecule has 0 fully saturated rings. The van der Waals surface area contributed by atoms with E-state index in [1.165, 1.54) is 4.68 Å². The Labute approximate surface area is 231 Å². The van der Waals surface area contributed by atoms with Crippen molar-refractivity contribution >= 4 is 49.0 Å². The van der Waals surface area contributed by atoms with Gasteiger partial charge in [-0.05, 0) is 36.4 Å². The Bertz CT molecular complexity index is 1620. The minimum atomic E-state index is -0.451. The number of benzene rings is 3. The lowest BCUT2D eigenvalue weighted by Crippen LogP contribution is -2.29. The van der Waals surface area contributed by atoms with Gasteiger partial charge in [-0.1, -0.05) is 70.8 Å². The van der Waals surface area contributed by atoms with Crippen LogP contribution in [0.15, 0.2) is 73.4 Å². The smallest absolute Gasteiger partial charge is 0.282 e. The zero-order valence-electron chi connectivity index (χ0n) is 20.8. The van der Waals surface area contributed by atoms with Gasteiger partial charge in [-0.3, -0.25) is 4.79 Å². The van der Waals surface area contributed by atoms with E-state index in [9.17, 15) is 10.1 Å². The summed E-state index contributed by atoms with van der Waals surface area (Å²) in [6.07, 6.45) is 1.56. The minimum Gasteiger partial charge on any atom is -0.493 e. The summed E-state index contributed by atoms with van der Waals surface area (Å²) >= 11 is 6.94. The highest BCUT2D eigenvalue weighted by Crippen LogP contribution is 2.35. The summed E-state index contributed by atoms with van der Waals surface area (Å²) in [6.45, 7) is 6.10. The van der Waals surface area contributed by atoms with Crippen LogP contribution in [0.3, 0.4) is 0 Å². The molecule has 0 aliphatic carbocycles. The number of fused-ring (bicyclic) bond motifs is 1. The molecule has 0 amide bonds. The van der Waals surface area contributed by atoms with Crippen LogP contribution in [0, 0.1) is 11.3 Å². The summed E-state index contributed by atoms with van der Waals surface area (Å²) < 4.78 is 14.6. The largest absolute Gasteiger partial charge is 0.493 e. The molecule has 188 valence electrons. The molecule has 0 aliphatic rings. The molecule has 0 unspecified atom stereocenters. The first-order valence-electron chi connectivity index (χ1n) is 11.4. The zero-order chi connectivity index (χ0) is 26.7. The number of methoxy groups -OCH3 is 1. The second kappa shape index (κ2) is 10.9. The topological polar surface area (TPSA) is 89.5 Å². The first-order chi connectivity index (χ1) is 17.6. The maximum absolute atomic E-state index is 13.5. The van der Waals surface area contributed by atoms with Crippen LogP contribution in [0.25, 0.3) is 10.9 Å². The van der Waals surface area contributed by atoms with Crippen molar-refractivity contribution in [3.8, 4) is 17.6 Å². The molecule has 1 heterocycles. The first-order valence-corrected chi connectivity index (χ1v) is 13.0. The molecule has 7 nitrogen and oxygen atoms in total. The normalized spacial score (nSPS) is 11.6. The molecule has 0 N–H and O–H groups in total. The molecule has 0 radical (unpaired) electrons. The minimum absolute atomic E-state index is 0.154. The number of nitriles is 1. The van der Waals surface area contributed by atoms with Gasteiger partial charge < -0.3 is 9.47 Å². The fraction of sp³-hybridized carbons (Fsp3) is 0.214. The monoisotopic (exact) mass is 622 g/mol. The van der Waals surface area contributed by atoms with Crippen LogP contribution in [-0.2, 0) is 12.0 Å². The Hall–Kier alpha value is -3.48. The molecule has 37 heavy (non-hydrogen) atoms. The number of rotatable bonds is 6. The van der Waals surface area contributed by atoms with Crippen molar-refractivity contribution in [1.82, 2.24) is 9.66 Å². The van der Waals surface area contributed by atoms with Crippen LogP contribution >= 0.6 is 31.9 Å². The van der Waals surface area contributed by atoms with Crippen molar-refractivity contribution in [1.29, 1.82) is 5.26 Å². The molecule has 0 atom stereocenters. The number of halogens is 2. The van der Waals surface area contributed by atoms with Crippen molar-refractivity contribution in [2.24, 2.45) is 5.10 Å². The van der Waals surface area contributed by atoms with E-state index in [0.29, 0.717) is 39.4 Å². The van der Waals surface area contributed by atoms with Gasteiger partial charge in [0.2, 0.25) is 0 Å². The average molecular weight is 624 g/mol. The highest BCUT2D eigenvalue weighted by atomic mass is 79.9. The van der Waals surface area contributed by atoms with Crippen LogP contribution in [-0.4, -0.2) is 23.0 Å². The summed E-state index contributed by atoms with van der Waals surface area (Å²) in [4.78, 5) is 18.3. The number of hydrogen-bond acceptors (Lipinski definition) is 6. The van der Waals surface area contributed by atoms with Crippen LogP contribution in [0.4, 0.5) is 0 Å². The standard InChI is InChI=1S/C28H24Br2N4O3/c1-28(2,3)27-33-23-10-9-20(29)12-22(23)26(35)34(27)32-15-19-11-21(30)13-24(36-4)25(19)37-16-18-8-6-5-7-17(18)14-31/h5-13,15H,16H2,1-4H3. The van der Waals surface area contributed by atoms with Gasteiger partial charge in [0, 0.05) is 25.5 Å². The summed E-state index contributed by atoms with van der Waals surface area (Å²) in [6, 6.07) is 18.4. The molecule has 0 saturated heterocycles. The number of aromatic nitrogens is 2. The van der Waals surface area contributed by atoms with E-state index in [4.69, 9.17) is 14.5 Å². The third kappa shape index (κ3) is 5.76. The molecule has 0 spiro atoms. The molecule has 4 aromatic rings. The van der Waals surface area contributed by atoms with Crippen molar-refractivity contribution in [3.63, 3.8) is 0 Å². The molecular formula is C28H24Br2N4O3. The molecular weight excluding hydrogens is 600 g/mol. The Morgan fingerprint density at radius 3 is 2.57 bits per heavy atom. The Morgan fingerprint density at radius 1 is 1.11 bits per heavy atom. The Morgan fingerprint density at radius 2 is 1.86 bits per heavy atom. The lowest BCUT2D eigenvalue weighted by atomic mass is 9.95. The molecule has 4 rings (SSSR count). The van der Waals surface area contributed by atoms with Gasteiger partial charge in [0.05, 0.1) is 35.9 Å². The van der Waals surface area contributed by atoms with E-state index >= 15 is 0 Å². The number of hydrogen-bond donors (Lipinski definition) is 0. The molecule has 0 bridgehead atoms. The van der Waals surface area contributed by atoms with Gasteiger partial charge in [0.25, 0.3) is 5.56 Å². The third-order valence-electron chi connectivity index (χ3n) is 5.57. The third-order valence-corrected chi connectivity index (χ3v) is 6.52. The zero-order valence-corrected chi connectivity index (χ0v) is 23.9. The van der Waals surface area contributed by atoms with Crippen LogP contribution < -0.4 is 15.0 Å². The molecule has 0 aliphatic heterocycles. The van der Waals surface area contributed by atoms with E-state index in [1.54, 1.807) is 37.6 Å². The maximum Gasteiger partial charge on any atom is 0.282 e. The maximum atomic E-state index is 13.5. The second-order valence-corrected chi connectivity index (χ2v) is 11.1. The predicted octanol–water partition coefficient (Wildman–Crippen LogP) is 6.56. The van der Waals surface area contributed by atoms with E-state index < -0.39 is 5.41 Å². The van der Waals surface area contributed by atoms with E-state index in [0.717, 1.165) is 14.5 Å². The van der Waals surface area contributed by atoms with Crippen LogP contribution in [0.5, 0.6) is 11.5 Å². The van der Waals surface area contributed by atoms with E-state index in [2.05, 4.69) is 43.0 Å². The van der Waals surface area contributed by atoms with Crippen LogP contribution in [0.2, 0.25) is 0 Å². The van der Waals surface area contributed by atoms with E-state index in [-0.39, 0.29) is 12.2 Å². The Kier molecular flexibility index (Phi) is 7.81. The lowest BCUT2D eigenvalue weighted by Gasteiger charge is -2.21. The summed E-state index contributed by atoms with van der Waals surface area (Å²) in [7, 11) is 1.55. The van der Waals surface area contributed by atoms with E-state index in [1.807, 2.05) is 51.1 Å². The fourth-order valence-corrected chi connectivity index (χ4v) is 4.57. The van der Waals surface area contributed by atoms with Gasteiger partial charge in [0.1, 0.15) is 12.4 Å². The highest BCUT2D eigenvalue weighted by Gasteiger charge is 2.23. The molecule has 0 saturated carbocycles. The number of ether oxygens (including phenoxy) is 2. The van der Waals surface area contributed by atoms with Gasteiger partial charge in [-0.15, -0.1) is 0 Å². The van der Waals surface area contributed by atoms with Crippen molar-refractivity contribution < 1.29 is 9.47 Å². The van der Waals surface area contributed by atoms with Gasteiger partial charge >= 0.3 is 0 Å². The first kappa shape index (κ1) is 26.6. The molecule has 1 aromatic heterocycles. The summed E-state index contributed by atoms with van der Waals surface area (Å²) in [5.41, 5.74) is 1.74. The summed E-state index contributed by atoms with van der Waals surface area (Å²) in [5, 5.41) is 14.5. The van der Waals surface area contributed by atoms with Crippen molar-refractivity contribution in [3.05, 3.63) is 96.4 Å². The SMILES string of the molecule is COc1cc(Br)cc(C=Nn2c(C(C)(C)C)nc3ccc(Br)cc3c2=O)c1OCc1ccccc1C#N. The average Bonchev–Trinajstić information content (AvgIpc) is 2.86. The fourth-order valence-electron chi connectivity index (χ4n) is 3.76. The lowest BCUT2D eigenvalue weighted by molar-refractivity contribution is 0.283.